The largest absolute Gasteiger partial charge is 0.326 e. The van der Waals surface area contributed by atoms with E-state index in [2.05, 4.69) is 10.6 Å². The van der Waals surface area contributed by atoms with Crippen LogP contribution in [-0.4, -0.2) is 43.9 Å². The van der Waals surface area contributed by atoms with Gasteiger partial charge in [-0.2, -0.15) is 0 Å². The lowest BCUT2D eigenvalue weighted by atomic mass is 10.0. The van der Waals surface area contributed by atoms with Crippen LogP contribution in [-0.2, 0) is 19.6 Å². The number of carbonyl (C=O) groups excluding carboxylic acids is 2. The van der Waals surface area contributed by atoms with Crippen LogP contribution in [0, 0.1) is 5.92 Å². The minimum absolute atomic E-state index is 0.193. The first-order chi connectivity index (χ1) is 9.75. The summed E-state index contributed by atoms with van der Waals surface area (Å²) in [7, 11) is -3.22. The molecule has 7 nitrogen and oxygen atoms in total. The SMILES string of the molecule is CC(=O)Nc1cccc(NC(=O)C2CN(S(C)(=O)=O)C2)c1. The second-order valence-electron chi connectivity index (χ2n) is 5.03. The standard InChI is InChI=1S/C13H17N3O4S/c1-9(17)14-11-4-3-5-12(6-11)15-13(18)10-7-16(8-10)21(2,19)20/h3-6,10H,7-8H2,1-2H3,(H,14,17)(H,15,18). The average molecular weight is 311 g/mol. The van der Waals surface area contributed by atoms with E-state index in [-0.39, 0.29) is 30.8 Å². The molecule has 0 bridgehead atoms. The Kier molecular flexibility index (Phi) is 4.29. The lowest BCUT2D eigenvalue weighted by molar-refractivity contribution is -0.122. The Morgan fingerprint density at radius 2 is 1.76 bits per heavy atom. The summed E-state index contributed by atoms with van der Waals surface area (Å²) < 4.78 is 23.7. The van der Waals surface area contributed by atoms with Crippen LogP contribution in [0.25, 0.3) is 0 Å². The second kappa shape index (κ2) is 5.82. The van der Waals surface area contributed by atoms with Crippen LogP contribution in [0.4, 0.5) is 11.4 Å². The molecule has 1 fully saturated rings. The number of hydrogen-bond donors (Lipinski definition) is 2. The molecular weight excluding hydrogens is 294 g/mol. The Bertz CT molecular complexity index is 666. The van der Waals surface area contributed by atoms with Gasteiger partial charge in [-0.15, -0.1) is 0 Å². The number of hydrogen-bond acceptors (Lipinski definition) is 4. The molecule has 0 aliphatic carbocycles. The maximum Gasteiger partial charge on any atom is 0.230 e. The van der Waals surface area contributed by atoms with Crippen molar-refractivity contribution in [3.63, 3.8) is 0 Å². The van der Waals surface area contributed by atoms with E-state index >= 15 is 0 Å². The predicted molar refractivity (Wildman–Crippen MR) is 79.3 cm³/mol. The summed E-state index contributed by atoms with van der Waals surface area (Å²) in [6, 6.07) is 6.78. The lowest BCUT2D eigenvalue weighted by Gasteiger charge is -2.35. The van der Waals surface area contributed by atoms with Gasteiger partial charge in [0.2, 0.25) is 21.8 Å². The molecule has 2 N–H and O–H groups in total. The normalized spacial score (nSPS) is 16.1. The van der Waals surface area contributed by atoms with Crippen molar-refractivity contribution in [1.29, 1.82) is 0 Å². The van der Waals surface area contributed by atoms with E-state index in [1.807, 2.05) is 0 Å². The van der Waals surface area contributed by atoms with E-state index < -0.39 is 10.0 Å². The monoisotopic (exact) mass is 311 g/mol. The zero-order valence-electron chi connectivity index (χ0n) is 11.8. The molecule has 1 aromatic rings. The summed E-state index contributed by atoms with van der Waals surface area (Å²) in [5, 5.41) is 5.34. The number of carbonyl (C=O) groups is 2. The maximum absolute atomic E-state index is 12.0. The first-order valence-electron chi connectivity index (χ1n) is 6.39. The smallest absolute Gasteiger partial charge is 0.230 e. The number of amides is 2. The number of nitrogens with zero attached hydrogens (tertiary/aromatic N) is 1. The van der Waals surface area contributed by atoms with Crippen molar-refractivity contribution in [2.75, 3.05) is 30.0 Å². The molecule has 1 aromatic carbocycles. The molecule has 0 spiro atoms. The summed E-state index contributed by atoms with van der Waals surface area (Å²) in [5.74, 6) is -0.764. The van der Waals surface area contributed by atoms with Gasteiger partial charge in [0.05, 0.1) is 12.2 Å². The van der Waals surface area contributed by atoms with E-state index in [1.54, 1.807) is 24.3 Å². The highest BCUT2D eigenvalue weighted by Gasteiger charge is 2.37. The van der Waals surface area contributed by atoms with Gasteiger partial charge in [-0.25, -0.2) is 12.7 Å². The summed E-state index contributed by atoms with van der Waals surface area (Å²) in [4.78, 5) is 23.0. The van der Waals surface area contributed by atoms with Gasteiger partial charge in [-0.1, -0.05) is 6.07 Å². The third-order valence-electron chi connectivity index (χ3n) is 3.14. The fraction of sp³-hybridized carbons (Fsp3) is 0.385. The molecule has 0 atom stereocenters. The molecule has 114 valence electrons. The van der Waals surface area contributed by atoms with Gasteiger partial charge < -0.3 is 10.6 Å². The Balaban J connectivity index is 1.94. The molecular formula is C13H17N3O4S. The van der Waals surface area contributed by atoms with E-state index in [0.717, 1.165) is 6.26 Å². The minimum atomic E-state index is -3.22. The van der Waals surface area contributed by atoms with Crippen molar-refractivity contribution in [1.82, 2.24) is 4.31 Å². The van der Waals surface area contributed by atoms with E-state index in [0.29, 0.717) is 11.4 Å². The van der Waals surface area contributed by atoms with Gasteiger partial charge in [0.1, 0.15) is 0 Å². The van der Waals surface area contributed by atoms with Crippen LogP contribution < -0.4 is 10.6 Å². The summed E-state index contributed by atoms with van der Waals surface area (Å²) in [5.41, 5.74) is 1.15. The van der Waals surface area contributed by atoms with Gasteiger partial charge in [0.15, 0.2) is 0 Å². The molecule has 8 heteroatoms. The summed E-state index contributed by atoms with van der Waals surface area (Å²) in [6.45, 7) is 1.81. The van der Waals surface area contributed by atoms with Crippen LogP contribution in [0.15, 0.2) is 24.3 Å². The number of sulfonamides is 1. The maximum atomic E-state index is 12.0. The first kappa shape index (κ1) is 15.5. The minimum Gasteiger partial charge on any atom is -0.326 e. The highest BCUT2D eigenvalue weighted by Crippen LogP contribution is 2.21. The van der Waals surface area contributed by atoms with Crippen molar-refractivity contribution >= 4 is 33.2 Å². The zero-order chi connectivity index (χ0) is 15.6. The van der Waals surface area contributed by atoms with Crippen molar-refractivity contribution < 1.29 is 18.0 Å². The van der Waals surface area contributed by atoms with Gasteiger partial charge in [-0.3, -0.25) is 9.59 Å². The van der Waals surface area contributed by atoms with Crippen molar-refractivity contribution in [3.05, 3.63) is 24.3 Å². The Morgan fingerprint density at radius 3 is 2.29 bits per heavy atom. The van der Waals surface area contributed by atoms with E-state index in [1.165, 1.54) is 11.2 Å². The molecule has 1 heterocycles. The fourth-order valence-corrected chi connectivity index (χ4v) is 2.90. The highest BCUT2D eigenvalue weighted by molar-refractivity contribution is 7.88. The third kappa shape index (κ3) is 4.02. The third-order valence-corrected chi connectivity index (χ3v) is 4.37. The Hall–Kier alpha value is -1.93. The van der Waals surface area contributed by atoms with Gasteiger partial charge in [-0.05, 0) is 18.2 Å². The molecule has 0 aromatic heterocycles. The number of rotatable bonds is 4. The Labute approximate surface area is 123 Å². The van der Waals surface area contributed by atoms with Crippen molar-refractivity contribution in [2.24, 2.45) is 5.92 Å². The van der Waals surface area contributed by atoms with Gasteiger partial charge in [0.25, 0.3) is 0 Å². The number of nitrogens with one attached hydrogen (secondary N) is 2. The summed E-state index contributed by atoms with van der Waals surface area (Å²) >= 11 is 0. The van der Waals surface area contributed by atoms with Gasteiger partial charge in [0, 0.05) is 31.4 Å². The topological polar surface area (TPSA) is 95.6 Å². The molecule has 1 saturated heterocycles. The molecule has 0 unspecified atom stereocenters. The highest BCUT2D eigenvalue weighted by atomic mass is 32.2. The number of anilines is 2. The van der Waals surface area contributed by atoms with Crippen LogP contribution in [0.2, 0.25) is 0 Å². The van der Waals surface area contributed by atoms with Crippen LogP contribution in [0.1, 0.15) is 6.92 Å². The quantitative estimate of drug-likeness (QED) is 0.845. The van der Waals surface area contributed by atoms with Crippen LogP contribution in [0.5, 0.6) is 0 Å². The molecule has 1 aliphatic heterocycles. The Morgan fingerprint density at radius 1 is 1.19 bits per heavy atom. The molecule has 1 aliphatic rings. The van der Waals surface area contributed by atoms with Crippen LogP contribution >= 0.6 is 0 Å². The second-order valence-corrected chi connectivity index (χ2v) is 7.01. The predicted octanol–water partition coefficient (Wildman–Crippen LogP) is 0.475. The molecule has 21 heavy (non-hydrogen) atoms. The number of benzene rings is 1. The van der Waals surface area contributed by atoms with Crippen molar-refractivity contribution in [3.8, 4) is 0 Å². The molecule has 0 radical (unpaired) electrons. The fourth-order valence-electron chi connectivity index (χ4n) is 2.00. The summed E-state index contributed by atoms with van der Waals surface area (Å²) in [6.07, 6.45) is 1.12. The molecule has 2 rings (SSSR count). The average Bonchev–Trinajstić information content (AvgIpc) is 2.23. The van der Waals surface area contributed by atoms with E-state index in [4.69, 9.17) is 0 Å². The van der Waals surface area contributed by atoms with Crippen molar-refractivity contribution in [2.45, 2.75) is 6.92 Å². The molecule has 2 amide bonds. The zero-order valence-corrected chi connectivity index (χ0v) is 12.6. The van der Waals surface area contributed by atoms with Gasteiger partial charge >= 0.3 is 0 Å². The lowest BCUT2D eigenvalue weighted by Crippen LogP contribution is -2.53. The molecule has 0 saturated carbocycles. The first-order valence-corrected chi connectivity index (χ1v) is 8.24. The van der Waals surface area contributed by atoms with Crippen LogP contribution in [0.3, 0.4) is 0 Å². The van der Waals surface area contributed by atoms with E-state index in [9.17, 15) is 18.0 Å².